The molecule has 2 heterocycles. The number of benzene rings is 3. The van der Waals surface area contributed by atoms with Crippen LogP contribution in [0.2, 0.25) is 5.02 Å². The molecule has 7 nitrogen and oxygen atoms in total. The lowest BCUT2D eigenvalue weighted by atomic mass is 10.2. The normalized spacial score (nSPS) is 11.8. The first-order chi connectivity index (χ1) is 14.6. The van der Waals surface area contributed by atoms with Crippen molar-refractivity contribution < 1.29 is 8.42 Å². The molecule has 2 aromatic heterocycles. The molecule has 0 spiro atoms. The molecule has 5 rings (SSSR count). The fraction of sp³-hybridized carbons (Fsp3) is 0. The molecule has 0 saturated carbocycles. The Hall–Kier alpha value is -3.49. The van der Waals surface area contributed by atoms with E-state index in [0.29, 0.717) is 22.0 Å². The summed E-state index contributed by atoms with van der Waals surface area (Å²) in [5.74, 6) is 0.456. The van der Waals surface area contributed by atoms with E-state index in [2.05, 4.69) is 20.6 Å². The molecule has 0 fully saturated rings. The van der Waals surface area contributed by atoms with Gasteiger partial charge in [-0.1, -0.05) is 59.3 Å². The molecular weight excluding hydrogens is 422 g/mol. The Morgan fingerprint density at radius 1 is 0.867 bits per heavy atom. The Bertz CT molecular complexity index is 1500. The van der Waals surface area contributed by atoms with Gasteiger partial charge in [0, 0.05) is 5.39 Å². The van der Waals surface area contributed by atoms with Crippen molar-refractivity contribution in [3.05, 3.63) is 83.9 Å². The summed E-state index contributed by atoms with van der Waals surface area (Å²) in [6, 6.07) is 22.8. The maximum absolute atomic E-state index is 13.2. The number of halogens is 1. The van der Waals surface area contributed by atoms with Gasteiger partial charge < -0.3 is 5.32 Å². The van der Waals surface area contributed by atoms with E-state index in [1.165, 1.54) is 16.6 Å². The van der Waals surface area contributed by atoms with Gasteiger partial charge >= 0.3 is 0 Å². The van der Waals surface area contributed by atoms with E-state index in [1.54, 1.807) is 24.3 Å². The first-order valence-electron chi connectivity index (χ1n) is 9.01. The summed E-state index contributed by atoms with van der Waals surface area (Å²) >= 11 is 6.29. The zero-order valence-corrected chi connectivity index (χ0v) is 17.0. The molecule has 1 N–H and O–H groups in total. The molecule has 0 aliphatic heterocycles. The quantitative estimate of drug-likeness (QED) is 0.447. The van der Waals surface area contributed by atoms with E-state index in [1.807, 2.05) is 42.5 Å². The summed E-state index contributed by atoms with van der Waals surface area (Å²) in [5, 5.41) is 12.3. The van der Waals surface area contributed by atoms with Gasteiger partial charge in [-0.2, -0.15) is 4.52 Å². The maximum Gasteiger partial charge on any atom is 0.229 e. The number of anilines is 2. The van der Waals surface area contributed by atoms with E-state index < -0.39 is 9.84 Å². The highest BCUT2D eigenvalue weighted by molar-refractivity contribution is 7.91. The Kier molecular flexibility index (Phi) is 4.38. The fourth-order valence-electron chi connectivity index (χ4n) is 3.22. The van der Waals surface area contributed by atoms with Crippen LogP contribution in [0.15, 0.2) is 88.8 Å². The van der Waals surface area contributed by atoms with Gasteiger partial charge in [0.2, 0.25) is 14.9 Å². The van der Waals surface area contributed by atoms with Crippen LogP contribution in [-0.2, 0) is 9.84 Å². The van der Waals surface area contributed by atoms with Gasteiger partial charge in [-0.3, -0.25) is 0 Å². The average Bonchev–Trinajstić information content (AvgIpc) is 3.21. The predicted octanol–water partition coefficient (Wildman–Crippen LogP) is 4.51. The molecule has 0 aliphatic rings. The second-order valence-electron chi connectivity index (χ2n) is 6.53. The van der Waals surface area contributed by atoms with Crippen LogP contribution in [0, 0.1) is 0 Å². The second-order valence-corrected chi connectivity index (χ2v) is 8.80. The van der Waals surface area contributed by atoms with Gasteiger partial charge in [0.15, 0.2) is 5.65 Å². The van der Waals surface area contributed by atoms with Crippen molar-refractivity contribution in [3.8, 4) is 0 Å². The van der Waals surface area contributed by atoms with Gasteiger partial charge in [-0.25, -0.2) is 13.4 Å². The molecule has 0 radical (unpaired) electrons. The van der Waals surface area contributed by atoms with Crippen LogP contribution < -0.4 is 5.32 Å². The molecule has 0 saturated heterocycles. The van der Waals surface area contributed by atoms with Crippen LogP contribution in [0.5, 0.6) is 0 Å². The monoisotopic (exact) mass is 435 g/mol. The standard InChI is InChI=1S/C21H14ClN5O2S/c22-16-11-5-6-12-17(16)23-19-15-10-4-7-13-18(15)27-20(24-19)21(25-26-27)30(28,29)14-8-2-1-3-9-14/h1-13H,(H,23,24). The molecule has 0 atom stereocenters. The Morgan fingerprint density at radius 3 is 2.37 bits per heavy atom. The first-order valence-corrected chi connectivity index (χ1v) is 10.9. The minimum Gasteiger partial charge on any atom is -0.338 e. The molecule has 0 bridgehead atoms. The molecule has 3 aromatic carbocycles. The van der Waals surface area contributed by atoms with Crippen LogP contribution in [0.25, 0.3) is 16.6 Å². The summed E-state index contributed by atoms with van der Waals surface area (Å²) < 4.78 is 27.8. The van der Waals surface area contributed by atoms with Gasteiger partial charge in [0.25, 0.3) is 0 Å². The van der Waals surface area contributed by atoms with E-state index in [9.17, 15) is 8.42 Å². The highest BCUT2D eigenvalue weighted by Crippen LogP contribution is 2.31. The minimum atomic E-state index is -3.90. The summed E-state index contributed by atoms with van der Waals surface area (Å²) in [6.45, 7) is 0. The van der Waals surface area contributed by atoms with Crippen LogP contribution in [0.3, 0.4) is 0 Å². The van der Waals surface area contributed by atoms with Crippen molar-refractivity contribution in [2.24, 2.45) is 0 Å². The van der Waals surface area contributed by atoms with Crippen molar-refractivity contribution in [1.82, 2.24) is 19.8 Å². The van der Waals surface area contributed by atoms with Gasteiger partial charge in [0.05, 0.1) is 21.1 Å². The summed E-state index contributed by atoms with van der Waals surface area (Å²) in [7, 11) is -3.90. The highest BCUT2D eigenvalue weighted by Gasteiger charge is 2.27. The second kappa shape index (κ2) is 7.08. The number of para-hydroxylation sites is 2. The Labute approximate surface area is 176 Å². The Balaban J connectivity index is 1.77. The van der Waals surface area contributed by atoms with Crippen LogP contribution >= 0.6 is 11.6 Å². The Morgan fingerprint density at radius 2 is 1.57 bits per heavy atom. The molecule has 5 aromatic rings. The molecule has 9 heteroatoms. The minimum absolute atomic E-state index is 0.128. The third kappa shape index (κ3) is 2.97. The summed E-state index contributed by atoms with van der Waals surface area (Å²) in [4.78, 5) is 4.71. The van der Waals surface area contributed by atoms with E-state index in [-0.39, 0.29) is 15.6 Å². The van der Waals surface area contributed by atoms with Crippen molar-refractivity contribution in [2.45, 2.75) is 9.92 Å². The fourth-order valence-corrected chi connectivity index (χ4v) is 4.65. The van der Waals surface area contributed by atoms with E-state index in [4.69, 9.17) is 11.6 Å². The zero-order chi connectivity index (χ0) is 20.7. The topological polar surface area (TPSA) is 89.2 Å². The van der Waals surface area contributed by atoms with Crippen LogP contribution in [0.4, 0.5) is 11.5 Å². The number of fused-ring (bicyclic) bond motifs is 3. The molecule has 148 valence electrons. The van der Waals surface area contributed by atoms with Gasteiger partial charge in [-0.05, 0) is 36.4 Å². The number of hydrogen-bond acceptors (Lipinski definition) is 6. The van der Waals surface area contributed by atoms with Crippen LogP contribution in [0.1, 0.15) is 0 Å². The van der Waals surface area contributed by atoms with Crippen LogP contribution in [-0.4, -0.2) is 28.2 Å². The van der Waals surface area contributed by atoms with Gasteiger partial charge in [0.1, 0.15) is 5.82 Å². The summed E-state index contributed by atoms with van der Waals surface area (Å²) in [5.41, 5.74) is 1.45. The molecule has 0 unspecified atom stereocenters. The van der Waals surface area contributed by atoms with Crippen molar-refractivity contribution in [3.63, 3.8) is 0 Å². The molecule has 0 amide bonds. The lowest BCUT2D eigenvalue weighted by Crippen LogP contribution is -2.05. The third-order valence-electron chi connectivity index (χ3n) is 4.66. The third-order valence-corrected chi connectivity index (χ3v) is 6.65. The summed E-state index contributed by atoms with van der Waals surface area (Å²) in [6.07, 6.45) is 0. The highest BCUT2D eigenvalue weighted by atomic mass is 35.5. The lowest BCUT2D eigenvalue weighted by Gasteiger charge is -2.11. The SMILES string of the molecule is O=S(=O)(c1ccccc1)c1nnn2c1nc(Nc1ccccc1Cl)c1ccccc12. The zero-order valence-electron chi connectivity index (χ0n) is 15.4. The number of nitrogens with one attached hydrogen (secondary N) is 1. The largest absolute Gasteiger partial charge is 0.338 e. The van der Waals surface area contributed by atoms with E-state index in [0.717, 1.165) is 5.39 Å². The average molecular weight is 436 g/mol. The smallest absolute Gasteiger partial charge is 0.229 e. The molecule has 0 aliphatic carbocycles. The molecular formula is C21H14ClN5O2S. The maximum atomic E-state index is 13.2. The molecule has 30 heavy (non-hydrogen) atoms. The van der Waals surface area contributed by atoms with E-state index >= 15 is 0 Å². The van der Waals surface area contributed by atoms with Crippen molar-refractivity contribution in [2.75, 3.05) is 5.32 Å². The number of rotatable bonds is 4. The van der Waals surface area contributed by atoms with Gasteiger partial charge in [-0.15, -0.1) is 5.10 Å². The number of sulfone groups is 1. The first kappa shape index (κ1) is 18.5. The lowest BCUT2D eigenvalue weighted by molar-refractivity contribution is 0.592. The predicted molar refractivity (Wildman–Crippen MR) is 115 cm³/mol. The van der Waals surface area contributed by atoms with Crippen molar-refractivity contribution in [1.29, 1.82) is 0 Å². The number of nitrogens with zero attached hydrogens (tertiary/aromatic N) is 4. The number of aromatic nitrogens is 4. The number of hydrogen-bond donors (Lipinski definition) is 1. The van der Waals surface area contributed by atoms with Crippen molar-refractivity contribution >= 4 is 49.5 Å².